The number of nitrogens with one attached hydrogen (secondary N) is 1. The van der Waals surface area contributed by atoms with Crippen LogP contribution in [0.2, 0.25) is 0 Å². The number of aromatic amines is 1. The molecule has 2 unspecified atom stereocenters. The van der Waals surface area contributed by atoms with Gasteiger partial charge in [0, 0.05) is 6.20 Å². The smallest absolute Gasteiger partial charge is 0.330 e. The number of aromatic nitrogens is 2. The lowest BCUT2D eigenvalue weighted by Gasteiger charge is -2.12. The van der Waals surface area contributed by atoms with E-state index in [1.54, 1.807) is 0 Å². The summed E-state index contributed by atoms with van der Waals surface area (Å²) in [6.07, 6.45) is 2.61. The van der Waals surface area contributed by atoms with Crippen molar-refractivity contribution < 1.29 is 19.7 Å². The highest BCUT2D eigenvalue weighted by Crippen LogP contribution is 2.18. The van der Waals surface area contributed by atoms with Gasteiger partial charge in [0.15, 0.2) is 12.5 Å². The van der Waals surface area contributed by atoms with Crippen LogP contribution in [0.4, 0.5) is 0 Å². The molecule has 0 bridgehead atoms. The summed E-state index contributed by atoms with van der Waals surface area (Å²) < 4.78 is 11.5. The van der Waals surface area contributed by atoms with Gasteiger partial charge in [0.1, 0.15) is 0 Å². The second-order valence-corrected chi connectivity index (χ2v) is 3.87. The van der Waals surface area contributed by atoms with Gasteiger partial charge < -0.3 is 19.7 Å². The molecule has 0 amide bonds. The molecule has 0 saturated carbocycles. The van der Waals surface area contributed by atoms with E-state index in [2.05, 4.69) is 4.98 Å². The third-order valence-electron chi connectivity index (χ3n) is 2.59. The predicted molar refractivity (Wildman–Crippen MR) is 64.4 cm³/mol. The van der Waals surface area contributed by atoms with Gasteiger partial charge in [-0.05, 0) is 6.08 Å². The topological polar surface area (TPSA) is 114 Å². The molecule has 3 N–H and O–H groups in total. The van der Waals surface area contributed by atoms with Gasteiger partial charge in [-0.1, -0.05) is 6.08 Å². The number of aliphatic hydroxyl groups is 2. The number of H-pyrrole nitrogens is 1. The van der Waals surface area contributed by atoms with Gasteiger partial charge in [-0.25, -0.2) is 4.79 Å². The fourth-order valence-electron chi connectivity index (χ4n) is 1.70. The Morgan fingerprint density at radius 1 is 1.47 bits per heavy atom. The lowest BCUT2D eigenvalue weighted by Crippen LogP contribution is -2.34. The Kier molecular flexibility index (Phi) is 4.27. The molecule has 1 aliphatic rings. The number of rotatable bonds is 4. The predicted octanol–water partition coefficient (Wildman–Crippen LogP) is -1.59. The normalized spacial score (nSPS) is 23.3. The Hall–Kier alpha value is -1.74. The molecule has 1 saturated heterocycles. The Morgan fingerprint density at radius 2 is 2.26 bits per heavy atom. The summed E-state index contributed by atoms with van der Waals surface area (Å²) in [5.74, 6) is 0. The second-order valence-electron chi connectivity index (χ2n) is 3.87. The molecule has 0 aliphatic carbocycles. The van der Waals surface area contributed by atoms with Crippen LogP contribution in [-0.4, -0.2) is 45.9 Å². The van der Waals surface area contributed by atoms with Crippen LogP contribution >= 0.6 is 0 Å². The van der Waals surface area contributed by atoms with E-state index in [0.717, 1.165) is 0 Å². The Morgan fingerprint density at radius 3 is 2.89 bits per heavy atom. The Bertz CT molecular complexity index is 575. The van der Waals surface area contributed by atoms with Crippen LogP contribution in [0.25, 0.3) is 6.08 Å². The lowest BCUT2D eigenvalue weighted by molar-refractivity contribution is -0.0993. The van der Waals surface area contributed by atoms with Crippen molar-refractivity contribution in [3.8, 4) is 0 Å². The summed E-state index contributed by atoms with van der Waals surface area (Å²) in [5.41, 5.74) is -0.966. The summed E-state index contributed by atoms with van der Waals surface area (Å²) >= 11 is 0. The highest BCUT2D eigenvalue weighted by atomic mass is 16.7. The highest BCUT2D eigenvalue weighted by molar-refractivity contribution is 5.46. The minimum atomic E-state index is -0.778. The van der Waals surface area contributed by atoms with Crippen molar-refractivity contribution in [2.24, 2.45) is 0 Å². The van der Waals surface area contributed by atoms with E-state index in [1.165, 1.54) is 22.9 Å². The Labute approximate surface area is 107 Å². The molecule has 19 heavy (non-hydrogen) atoms. The standard InChI is InChI=1S/C11H14N2O6/c14-3-1-2-7-4-13(11(17)12-10(7)16)8-6-18-9(5-15)19-8/h1-2,4,8-9,14-15H,3,5-6H2,(H,12,16,17). The zero-order valence-corrected chi connectivity index (χ0v) is 9.98. The molecular weight excluding hydrogens is 256 g/mol. The molecule has 0 spiro atoms. The van der Waals surface area contributed by atoms with E-state index in [1.807, 2.05) is 0 Å². The molecule has 104 valence electrons. The van der Waals surface area contributed by atoms with Crippen molar-refractivity contribution >= 4 is 6.08 Å². The number of nitrogens with zero attached hydrogens (tertiary/aromatic N) is 1. The van der Waals surface area contributed by atoms with E-state index in [-0.39, 0.29) is 25.4 Å². The third-order valence-corrected chi connectivity index (χ3v) is 2.59. The SMILES string of the molecule is O=c1[nH]c(=O)n(C2COC(CO)O2)cc1C=CCO. The van der Waals surface area contributed by atoms with Gasteiger partial charge >= 0.3 is 5.69 Å². The quantitative estimate of drug-likeness (QED) is 0.607. The summed E-state index contributed by atoms with van der Waals surface area (Å²) in [6, 6.07) is 0. The van der Waals surface area contributed by atoms with E-state index in [0.29, 0.717) is 0 Å². The zero-order chi connectivity index (χ0) is 13.8. The van der Waals surface area contributed by atoms with Gasteiger partial charge in [0.2, 0.25) is 0 Å². The van der Waals surface area contributed by atoms with Crippen molar-refractivity contribution in [2.75, 3.05) is 19.8 Å². The molecular formula is C11H14N2O6. The van der Waals surface area contributed by atoms with Gasteiger partial charge in [-0.3, -0.25) is 14.3 Å². The van der Waals surface area contributed by atoms with Crippen LogP contribution < -0.4 is 11.2 Å². The number of ether oxygens (including phenoxy) is 2. The van der Waals surface area contributed by atoms with E-state index < -0.39 is 23.8 Å². The van der Waals surface area contributed by atoms with Crippen LogP contribution in [0, 0.1) is 0 Å². The van der Waals surface area contributed by atoms with Crippen LogP contribution in [0.3, 0.4) is 0 Å². The second kappa shape index (κ2) is 5.93. The molecule has 0 radical (unpaired) electrons. The summed E-state index contributed by atoms with van der Waals surface area (Å²) in [6.45, 7) is -0.430. The number of aliphatic hydroxyl groups excluding tert-OH is 2. The molecule has 2 heterocycles. The van der Waals surface area contributed by atoms with Crippen molar-refractivity contribution in [1.82, 2.24) is 9.55 Å². The van der Waals surface area contributed by atoms with E-state index in [4.69, 9.17) is 19.7 Å². The Balaban J connectivity index is 2.33. The largest absolute Gasteiger partial charge is 0.392 e. The zero-order valence-electron chi connectivity index (χ0n) is 9.98. The van der Waals surface area contributed by atoms with Crippen LogP contribution in [0.1, 0.15) is 11.8 Å². The molecule has 8 heteroatoms. The van der Waals surface area contributed by atoms with Crippen molar-refractivity contribution in [3.63, 3.8) is 0 Å². The first-order valence-corrected chi connectivity index (χ1v) is 5.66. The van der Waals surface area contributed by atoms with Gasteiger partial charge in [-0.15, -0.1) is 0 Å². The minimum Gasteiger partial charge on any atom is -0.392 e. The first-order valence-electron chi connectivity index (χ1n) is 5.66. The summed E-state index contributed by atoms with van der Waals surface area (Å²) in [7, 11) is 0. The maximum Gasteiger partial charge on any atom is 0.330 e. The maximum absolute atomic E-state index is 11.7. The summed E-state index contributed by atoms with van der Waals surface area (Å²) in [5, 5.41) is 17.6. The van der Waals surface area contributed by atoms with Crippen LogP contribution in [0.5, 0.6) is 0 Å². The maximum atomic E-state index is 11.7. The average Bonchev–Trinajstić information content (AvgIpc) is 2.86. The first-order chi connectivity index (χ1) is 9.15. The monoisotopic (exact) mass is 270 g/mol. The molecule has 1 aromatic heterocycles. The minimum absolute atomic E-state index is 0.0976. The van der Waals surface area contributed by atoms with Gasteiger partial charge in [0.25, 0.3) is 5.56 Å². The van der Waals surface area contributed by atoms with Crippen molar-refractivity contribution in [1.29, 1.82) is 0 Å². The molecule has 0 aromatic carbocycles. The van der Waals surface area contributed by atoms with Crippen molar-refractivity contribution in [3.05, 3.63) is 38.7 Å². The van der Waals surface area contributed by atoms with Gasteiger partial charge in [-0.2, -0.15) is 0 Å². The van der Waals surface area contributed by atoms with Crippen molar-refractivity contribution in [2.45, 2.75) is 12.5 Å². The number of hydrogen-bond acceptors (Lipinski definition) is 6. The molecule has 1 aliphatic heterocycles. The third kappa shape index (κ3) is 2.99. The summed E-state index contributed by atoms with van der Waals surface area (Å²) in [4.78, 5) is 25.4. The van der Waals surface area contributed by atoms with E-state index >= 15 is 0 Å². The molecule has 1 aromatic rings. The fraction of sp³-hybridized carbons (Fsp3) is 0.455. The van der Waals surface area contributed by atoms with Gasteiger partial charge in [0.05, 0.1) is 25.4 Å². The highest BCUT2D eigenvalue weighted by Gasteiger charge is 2.27. The molecule has 2 rings (SSSR count). The molecule has 8 nitrogen and oxygen atoms in total. The lowest BCUT2D eigenvalue weighted by atomic mass is 10.3. The average molecular weight is 270 g/mol. The first kappa shape index (κ1) is 13.7. The molecule has 2 atom stereocenters. The van der Waals surface area contributed by atoms with E-state index in [9.17, 15) is 9.59 Å². The van der Waals surface area contributed by atoms with Crippen LogP contribution in [-0.2, 0) is 9.47 Å². The van der Waals surface area contributed by atoms with Crippen LogP contribution in [0.15, 0.2) is 21.9 Å². The fourth-order valence-corrected chi connectivity index (χ4v) is 1.70. The number of hydrogen-bond donors (Lipinski definition) is 3. The molecule has 1 fully saturated rings.